The maximum absolute atomic E-state index is 6.06. The molecule has 1 aliphatic rings. The minimum absolute atomic E-state index is 0.0544. The van der Waals surface area contributed by atoms with Crippen LogP contribution in [0.25, 0.3) is 0 Å². The van der Waals surface area contributed by atoms with Crippen molar-refractivity contribution in [1.29, 1.82) is 0 Å². The third-order valence-electron chi connectivity index (χ3n) is 2.72. The van der Waals surface area contributed by atoms with E-state index in [1.54, 1.807) is 7.11 Å². The molecule has 76 valence electrons. The highest BCUT2D eigenvalue weighted by Gasteiger charge is 2.26. The van der Waals surface area contributed by atoms with Gasteiger partial charge in [0.15, 0.2) is 0 Å². The molecule has 14 heavy (non-hydrogen) atoms. The second-order valence-electron chi connectivity index (χ2n) is 3.57. The third kappa shape index (κ3) is 1.38. The molecular weight excluding hydrogens is 178 g/mol. The number of benzene rings is 1. The van der Waals surface area contributed by atoms with Gasteiger partial charge in [-0.25, -0.2) is 0 Å². The van der Waals surface area contributed by atoms with Gasteiger partial charge in [-0.1, -0.05) is 12.1 Å². The van der Waals surface area contributed by atoms with Gasteiger partial charge in [0.25, 0.3) is 0 Å². The first-order valence-electron chi connectivity index (χ1n) is 4.77. The lowest BCUT2D eigenvalue weighted by molar-refractivity contribution is 0.0204. The Labute approximate surface area is 83.8 Å². The molecule has 2 N–H and O–H groups in total. The van der Waals surface area contributed by atoms with E-state index in [0.29, 0.717) is 6.61 Å². The van der Waals surface area contributed by atoms with Crippen LogP contribution in [0.3, 0.4) is 0 Å². The SMILES string of the molecule is COc1cccc2c1C(N)[C@@H](C)OC2. The Balaban J connectivity index is 2.49. The van der Waals surface area contributed by atoms with E-state index in [4.69, 9.17) is 15.2 Å². The summed E-state index contributed by atoms with van der Waals surface area (Å²) >= 11 is 0. The van der Waals surface area contributed by atoms with Gasteiger partial charge in [-0.3, -0.25) is 0 Å². The molecule has 1 aromatic carbocycles. The Morgan fingerprint density at radius 2 is 2.29 bits per heavy atom. The molecule has 1 aromatic rings. The Hall–Kier alpha value is -1.06. The molecule has 3 nitrogen and oxygen atoms in total. The van der Waals surface area contributed by atoms with E-state index >= 15 is 0 Å². The highest BCUT2D eigenvalue weighted by atomic mass is 16.5. The number of rotatable bonds is 1. The first-order chi connectivity index (χ1) is 6.74. The molecule has 2 atom stereocenters. The van der Waals surface area contributed by atoms with Crippen molar-refractivity contribution in [2.24, 2.45) is 5.73 Å². The van der Waals surface area contributed by atoms with Crippen molar-refractivity contribution >= 4 is 0 Å². The Morgan fingerprint density at radius 1 is 1.50 bits per heavy atom. The van der Waals surface area contributed by atoms with Crippen molar-refractivity contribution in [2.75, 3.05) is 7.11 Å². The van der Waals surface area contributed by atoms with Crippen LogP contribution >= 0.6 is 0 Å². The number of nitrogens with two attached hydrogens (primary N) is 1. The minimum atomic E-state index is -0.0881. The van der Waals surface area contributed by atoms with Crippen LogP contribution in [0.2, 0.25) is 0 Å². The average Bonchev–Trinajstić information content (AvgIpc) is 2.23. The molecule has 0 spiro atoms. The van der Waals surface area contributed by atoms with Gasteiger partial charge in [0, 0.05) is 5.56 Å². The van der Waals surface area contributed by atoms with Gasteiger partial charge in [0.2, 0.25) is 0 Å². The second-order valence-corrected chi connectivity index (χ2v) is 3.57. The molecule has 1 unspecified atom stereocenters. The van der Waals surface area contributed by atoms with Crippen LogP contribution in [0.1, 0.15) is 24.1 Å². The zero-order valence-corrected chi connectivity index (χ0v) is 8.49. The Morgan fingerprint density at radius 3 is 3.00 bits per heavy atom. The van der Waals surface area contributed by atoms with Crippen molar-refractivity contribution in [3.05, 3.63) is 29.3 Å². The topological polar surface area (TPSA) is 44.5 Å². The quantitative estimate of drug-likeness (QED) is 0.737. The number of fused-ring (bicyclic) bond motifs is 1. The summed E-state index contributed by atoms with van der Waals surface area (Å²) in [6, 6.07) is 5.85. The molecule has 0 bridgehead atoms. The zero-order valence-electron chi connectivity index (χ0n) is 8.49. The van der Waals surface area contributed by atoms with Gasteiger partial charge >= 0.3 is 0 Å². The van der Waals surface area contributed by atoms with Crippen LogP contribution in [0.4, 0.5) is 0 Å². The summed E-state index contributed by atoms with van der Waals surface area (Å²) in [5, 5.41) is 0. The molecule has 2 rings (SSSR count). The molecule has 0 radical (unpaired) electrons. The van der Waals surface area contributed by atoms with E-state index in [9.17, 15) is 0 Å². The summed E-state index contributed by atoms with van der Waals surface area (Å²) in [6.07, 6.45) is 0.0544. The van der Waals surface area contributed by atoms with Gasteiger partial charge in [0.1, 0.15) is 5.75 Å². The molecule has 0 aliphatic carbocycles. The van der Waals surface area contributed by atoms with E-state index in [-0.39, 0.29) is 12.1 Å². The van der Waals surface area contributed by atoms with Gasteiger partial charge in [0.05, 0.1) is 25.9 Å². The average molecular weight is 193 g/mol. The number of hydrogen-bond acceptors (Lipinski definition) is 3. The molecule has 0 fully saturated rings. The monoisotopic (exact) mass is 193 g/mol. The van der Waals surface area contributed by atoms with Crippen molar-refractivity contribution in [3.63, 3.8) is 0 Å². The normalized spacial score (nSPS) is 25.6. The Kier molecular flexibility index (Phi) is 2.44. The Bertz CT molecular complexity index is 324. The van der Waals surface area contributed by atoms with Crippen molar-refractivity contribution in [1.82, 2.24) is 0 Å². The highest BCUT2D eigenvalue weighted by molar-refractivity contribution is 5.43. The maximum atomic E-state index is 6.06. The molecule has 1 heterocycles. The summed E-state index contributed by atoms with van der Waals surface area (Å²) in [5.74, 6) is 0.866. The van der Waals surface area contributed by atoms with Crippen LogP contribution in [0.5, 0.6) is 5.75 Å². The van der Waals surface area contributed by atoms with Gasteiger partial charge < -0.3 is 15.2 Å². The zero-order chi connectivity index (χ0) is 10.1. The minimum Gasteiger partial charge on any atom is -0.496 e. The van der Waals surface area contributed by atoms with E-state index < -0.39 is 0 Å². The summed E-state index contributed by atoms with van der Waals surface area (Å²) in [4.78, 5) is 0. The van der Waals surface area contributed by atoms with Gasteiger partial charge in [-0.2, -0.15) is 0 Å². The van der Waals surface area contributed by atoms with Crippen molar-refractivity contribution in [2.45, 2.75) is 25.7 Å². The first kappa shape index (κ1) is 9.49. The predicted molar refractivity (Wildman–Crippen MR) is 54.2 cm³/mol. The molecule has 0 aromatic heterocycles. The van der Waals surface area contributed by atoms with E-state index in [1.807, 2.05) is 25.1 Å². The van der Waals surface area contributed by atoms with Crippen LogP contribution < -0.4 is 10.5 Å². The van der Waals surface area contributed by atoms with Gasteiger partial charge in [-0.15, -0.1) is 0 Å². The summed E-state index contributed by atoms with van der Waals surface area (Å²) in [6.45, 7) is 2.61. The maximum Gasteiger partial charge on any atom is 0.124 e. The van der Waals surface area contributed by atoms with E-state index in [1.165, 1.54) is 0 Å². The van der Waals surface area contributed by atoms with Crippen molar-refractivity contribution in [3.8, 4) is 5.75 Å². The third-order valence-corrected chi connectivity index (χ3v) is 2.72. The fourth-order valence-corrected chi connectivity index (χ4v) is 1.83. The largest absolute Gasteiger partial charge is 0.496 e. The van der Waals surface area contributed by atoms with Crippen LogP contribution in [-0.4, -0.2) is 13.2 Å². The van der Waals surface area contributed by atoms with E-state index in [0.717, 1.165) is 16.9 Å². The van der Waals surface area contributed by atoms with E-state index in [2.05, 4.69) is 0 Å². The number of hydrogen-bond donors (Lipinski definition) is 1. The first-order valence-corrected chi connectivity index (χ1v) is 4.77. The lowest BCUT2D eigenvalue weighted by Gasteiger charge is -2.30. The fraction of sp³-hybridized carbons (Fsp3) is 0.455. The lowest BCUT2D eigenvalue weighted by atomic mass is 9.94. The smallest absolute Gasteiger partial charge is 0.124 e. The molecule has 0 saturated carbocycles. The molecule has 1 aliphatic heterocycles. The summed E-state index contributed by atoms with van der Waals surface area (Å²) in [7, 11) is 1.67. The molecule has 0 amide bonds. The summed E-state index contributed by atoms with van der Waals surface area (Å²) < 4.78 is 10.8. The predicted octanol–water partition coefficient (Wildman–Crippen LogP) is 1.61. The molecular formula is C11H15NO2. The van der Waals surface area contributed by atoms with Gasteiger partial charge in [-0.05, 0) is 18.6 Å². The number of methoxy groups -OCH3 is 1. The summed E-state index contributed by atoms with van der Waals surface area (Å²) in [5.41, 5.74) is 8.29. The lowest BCUT2D eigenvalue weighted by Crippen LogP contribution is -2.31. The number of ether oxygens (including phenoxy) is 2. The van der Waals surface area contributed by atoms with Crippen molar-refractivity contribution < 1.29 is 9.47 Å². The molecule has 0 saturated heterocycles. The second kappa shape index (κ2) is 3.59. The molecule has 3 heteroatoms. The van der Waals surface area contributed by atoms with Crippen LogP contribution in [-0.2, 0) is 11.3 Å². The standard InChI is InChI=1S/C11H15NO2/c1-7-11(12)10-8(6-14-7)4-3-5-9(10)13-2/h3-5,7,11H,6,12H2,1-2H3/t7-,11?/m1/s1. The van der Waals surface area contributed by atoms with Crippen LogP contribution in [0, 0.1) is 0 Å². The fourth-order valence-electron chi connectivity index (χ4n) is 1.83. The van der Waals surface area contributed by atoms with Crippen LogP contribution in [0.15, 0.2) is 18.2 Å². The highest BCUT2D eigenvalue weighted by Crippen LogP contribution is 2.34.